The fraction of sp³-hybridized carbons (Fsp3) is 1.00. The largest absolute Gasteiger partial charge is 0.380 e. The number of likely N-dealkylation sites (N-methyl/N-ethyl adjacent to an activating group) is 1. The molecule has 0 aromatic carbocycles. The second-order valence-corrected chi connectivity index (χ2v) is 6.00. The van der Waals surface area contributed by atoms with Crippen LogP contribution in [0.15, 0.2) is 0 Å². The standard InChI is InChI=1S/C15H29NO6/c1-8-14(16-3)10(18-4)7-13(21-8)22-15-9(2)20-12(17)6-11(15)19-5/h8-17H,6-7H2,1-5H3/t8-,9-,10-,11-,12?,13?,14?,15?/m0/s1. The average molecular weight is 319 g/mol. The molecule has 130 valence electrons. The van der Waals surface area contributed by atoms with Gasteiger partial charge in [-0.25, -0.2) is 0 Å². The van der Waals surface area contributed by atoms with Gasteiger partial charge in [0.05, 0.1) is 30.5 Å². The molecule has 0 spiro atoms. The molecule has 0 aromatic heterocycles. The lowest BCUT2D eigenvalue weighted by atomic mass is 9.98. The lowest BCUT2D eigenvalue weighted by Crippen LogP contribution is -2.57. The molecule has 2 aliphatic rings. The molecule has 7 nitrogen and oxygen atoms in total. The number of rotatable bonds is 5. The van der Waals surface area contributed by atoms with E-state index in [4.69, 9.17) is 23.7 Å². The third kappa shape index (κ3) is 3.97. The fourth-order valence-corrected chi connectivity index (χ4v) is 3.39. The number of hydrogen-bond acceptors (Lipinski definition) is 7. The van der Waals surface area contributed by atoms with Crippen LogP contribution < -0.4 is 5.32 Å². The Morgan fingerprint density at radius 1 is 1.00 bits per heavy atom. The SMILES string of the molecule is CNC1[C@H](C)OC(OC2[C@H](C)OC(O)C[C@@H]2OC)C[C@@H]1OC. The van der Waals surface area contributed by atoms with Crippen LogP contribution in [0.3, 0.4) is 0 Å². The molecule has 2 N–H and O–H groups in total. The summed E-state index contributed by atoms with van der Waals surface area (Å²) in [7, 11) is 5.22. The molecule has 2 heterocycles. The van der Waals surface area contributed by atoms with Gasteiger partial charge in [-0.2, -0.15) is 0 Å². The van der Waals surface area contributed by atoms with Crippen molar-refractivity contribution in [3.05, 3.63) is 0 Å². The molecular weight excluding hydrogens is 290 g/mol. The molecule has 0 aliphatic carbocycles. The Kier molecular flexibility index (Phi) is 6.58. The molecule has 2 rings (SSSR count). The van der Waals surface area contributed by atoms with Crippen LogP contribution in [-0.2, 0) is 23.7 Å². The number of hydrogen-bond donors (Lipinski definition) is 2. The highest BCUT2D eigenvalue weighted by molar-refractivity contribution is 4.89. The van der Waals surface area contributed by atoms with Crippen LogP contribution in [0.5, 0.6) is 0 Å². The van der Waals surface area contributed by atoms with E-state index >= 15 is 0 Å². The first-order valence-corrected chi connectivity index (χ1v) is 7.87. The Balaban J connectivity index is 2.00. The van der Waals surface area contributed by atoms with Crippen LogP contribution in [0.25, 0.3) is 0 Å². The highest BCUT2D eigenvalue weighted by Gasteiger charge is 2.42. The first-order valence-electron chi connectivity index (χ1n) is 7.87. The predicted molar refractivity (Wildman–Crippen MR) is 79.4 cm³/mol. The Morgan fingerprint density at radius 2 is 1.68 bits per heavy atom. The fourth-order valence-electron chi connectivity index (χ4n) is 3.39. The summed E-state index contributed by atoms with van der Waals surface area (Å²) >= 11 is 0. The van der Waals surface area contributed by atoms with E-state index < -0.39 is 6.29 Å². The second-order valence-electron chi connectivity index (χ2n) is 6.00. The van der Waals surface area contributed by atoms with Crippen molar-refractivity contribution in [2.75, 3.05) is 21.3 Å². The average Bonchev–Trinajstić information content (AvgIpc) is 2.48. The van der Waals surface area contributed by atoms with Crippen molar-refractivity contribution in [1.29, 1.82) is 0 Å². The van der Waals surface area contributed by atoms with E-state index in [0.717, 1.165) is 0 Å². The summed E-state index contributed by atoms with van der Waals surface area (Å²) in [4.78, 5) is 0. The van der Waals surface area contributed by atoms with E-state index in [2.05, 4.69) is 5.32 Å². The highest BCUT2D eigenvalue weighted by Crippen LogP contribution is 2.29. The molecule has 0 radical (unpaired) electrons. The molecular formula is C15H29NO6. The Bertz CT molecular complexity index is 344. The highest BCUT2D eigenvalue weighted by atomic mass is 16.7. The van der Waals surface area contributed by atoms with Crippen LogP contribution in [0.4, 0.5) is 0 Å². The molecule has 2 fully saturated rings. The zero-order valence-corrected chi connectivity index (χ0v) is 14.0. The van der Waals surface area contributed by atoms with E-state index in [-0.39, 0.29) is 42.9 Å². The second kappa shape index (κ2) is 8.01. The molecule has 0 aromatic rings. The van der Waals surface area contributed by atoms with Crippen molar-refractivity contribution >= 4 is 0 Å². The third-order valence-electron chi connectivity index (χ3n) is 4.58. The summed E-state index contributed by atoms with van der Waals surface area (Å²) in [5.74, 6) is 0. The van der Waals surface area contributed by atoms with Crippen molar-refractivity contribution in [2.45, 2.75) is 75.8 Å². The summed E-state index contributed by atoms with van der Waals surface area (Å²) in [6.07, 6.45) is -0.953. The number of ether oxygens (including phenoxy) is 5. The molecule has 4 unspecified atom stereocenters. The first kappa shape index (κ1) is 18.1. The molecule has 7 heteroatoms. The lowest BCUT2D eigenvalue weighted by Gasteiger charge is -2.44. The zero-order valence-electron chi connectivity index (χ0n) is 14.0. The molecule has 22 heavy (non-hydrogen) atoms. The van der Waals surface area contributed by atoms with Crippen LogP contribution in [-0.4, -0.2) is 75.5 Å². The van der Waals surface area contributed by atoms with Gasteiger partial charge in [0, 0.05) is 27.1 Å². The van der Waals surface area contributed by atoms with Crippen LogP contribution in [0.1, 0.15) is 26.7 Å². The van der Waals surface area contributed by atoms with Crippen molar-refractivity contribution in [1.82, 2.24) is 5.32 Å². The van der Waals surface area contributed by atoms with Crippen molar-refractivity contribution in [3.8, 4) is 0 Å². The molecule has 2 saturated heterocycles. The van der Waals surface area contributed by atoms with E-state index in [0.29, 0.717) is 12.8 Å². The monoisotopic (exact) mass is 319 g/mol. The quantitative estimate of drug-likeness (QED) is 0.752. The third-order valence-corrected chi connectivity index (χ3v) is 4.58. The smallest absolute Gasteiger partial charge is 0.161 e. The molecule has 2 aliphatic heterocycles. The predicted octanol–water partition coefficient (Wildman–Crippen LogP) is 0.252. The summed E-state index contributed by atoms with van der Waals surface area (Å²) in [6, 6.07) is 0.130. The van der Waals surface area contributed by atoms with Crippen LogP contribution in [0, 0.1) is 0 Å². The maximum Gasteiger partial charge on any atom is 0.161 e. The molecule has 0 saturated carbocycles. The zero-order chi connectivity index (χ0) is 16.3. The van der Waals surface area contributed by atoms with Crippen LogP contribution in [0.2, 0.25) is 0 Å². The van der Waals surface area contributed by atoms with Gasteiger partial charge in [-0.3, -0.25) is 0 Å². The minimum Gasteiger partial charge on any atom is -0.380 e. The van der Waals surface area contributed by atoms with Gasteiger partial charge in [-0.05, 0) is 20.9 Å². The summed E-state index contributed by atoms with van der Waals surface area (Å²) in [5.41, 5.74) is 0. The molecule has 0 amide bonds. The lowest BCUT2D eigenvalue weighted by molar-refractivity contribution is -0.301. The minimum atomic E-state index is -0.814. The number of methoxy groups -OCH3 is 2. The van der Waals surface area contributed by atoms with Crippen molar-refractivity contribution < 1.29 is 28.8 Å². The summed E-state index contributed by atoms with van der Waals surface area (Å²) in [6.45, 7) is 3.87. The maximum atomic E-state index is 9.68. The van der Waals surface area contributed by atoms with Gasteiger partial charge in [-0.15, -0.1) is 0 Å². The van der Waals surface area contributed by atoms with Gasteiger partial charge in [0.15, 0.2) is 12.6 Å². The van der Waals surface area contributed by atoms with Gasteiger partial charge in [0.1, 0.15) is 6.10 Å². The number of aliphatic hydroxyl groups excluding tert-OH is 1. The van der Waals surface area contributed by atoms with E-state index in [1.165, 1.54) is 0 Å². The van der Waals surface area contributed by atoms with E-state index in [1.54, 1.807) is 14.2 Å². The molecule has 8 atom stereocenters. The summed E-state index contributed by atoms with van der Waals surface area (Å²) < 4.78 is 28.5. The van der Waals surface area contributed by atoms with Crippen molar-refractivity contribution in [3.63, 3.8) is 0 Å². The van der Waals surface area contributed by atoms with E-state index in [1.807, 2.05) is 20.9 Å². The van der Waals surface area contributed by atoms with Gasteiger partial charge in [-0.1, -0.05) is 0 Å². The van der Waals surface area contributed by atoms with E-state index in [9.17, 15) is 5.11 Å². The minimum absolute atomic E-state index is 0.0187. The normalized spacial score (nSPS) is 46.6. The van der Waals surface area contributed by atoms with Gasteiger partial charge in [0.25, 0.3) is 0 Å². The number of aliphatic hydroxyl groups is 1. The van der Waals surface area contributed by atoms with Gasteiger partial charge in [0.2, 0.25) is 0 Å². The van der Waals surface area contributed by atoms with Gasteiger partial charge < -0.3 is 34.1 Å². The summed E-state index contributed by atoms with van der Waals surface area (Å²) in [5, 5.41) is 12.9. The maximum absolute atomic E-state index is 9.68. The number of nitrogens with one attached hydrogen (secondary N) is 1. The topological polar surface area (TPSA) is 78.4 Å². The van der Waals surface area contributed by atoms with Crippen LogP contribution >= 0.6 is 0 Å². The Hall–Kier alpha value is -0.280. The first-order chi connectivity index (χ1) is 10.5. The van der Waals surface area contributed by atoms with Gasteiger partial charge >= 0.3 is 0 Å². The van der Waals surface area contributed by atoms with Crippen molar-refractivity contribution in [2.24, 2.45) is 0 Å². The Morgan fingerprint density at radius 3 is 2.27 bits per heavy atom. The Labute approximate surface area is 132 Å². The molecule has 0 bridgehead atoms.